The van der Waals surface area contributed by atoms with Crippen LogP contribution in [0, 0.1) is 6.92 Å². The third-order valence-electron chi connectivity index (χ3n) is 3.54. The van der Waals surface area contributed by atoms with Crippen molar-refractivity contribution in [3.63, 3.8) is 0 Å². The summed E-state index contributed by atoms with van der Waals surface area (Å²) in [5, 5.41) is 1.95. The number of benzene rings is 1. The van der Waals surface area contributed by atoms with Crippen molar-refractivity contribution in [1.82, 2.24) is 4.57 Å². The summed E-state index contributed by atoms with van der Waals surface area (Å²) in [7, 11) is 0. The zero-order chi connectivity index (χ0) is 14.7. The molecule has 0 unspecified atom stereocenters. The molecule has 21 heavy (non-hydrogen) atoms. The number of amides is 1. The Morgan fingerprint density at radius 3 is 2.95 bits per heavy atom. The van der Waals surface area contributed by atoms with Gasteiger partial charge in [0.05, 0.1) is 0 Å². The van der Waals surface area contributed by atoms with Gasteiger partial charge in [0, 0.05) is 24.7 Å². The maximum atomic E-state index is 12.1. The highest BCUT2D eigenvalue weighted by Gasteiger charge is 2.23. The molecule has 4 nitrogen and oxygen atoms in total. The van der Waals surface area contributed by atoms with E-state index in [0.717, 1.165) is 24.2 Å². The van der Waals surface area contributed by atoms with Gasteiger partial charge in [-0.05, 0) is 25.3 Å². The quantitative estimate of drug-likeness (QED) is 0.874. The Morgan fingerprint density at radius 2 is 2.24 bits per heavy atom. The Hall–Kier alpha value is -1.72. The molecule has 1 amide bonds. The number of rotatable bonds is 3. The lowest BCUT2D eigenvalue weighted by molar-refractivity contribution is -0.126. The van der Waals surface area contributed by atoms with E-state index in [0.29, 0.717) is 6.61 Å². The predicted octanol–water partition coefficient (Wildman–Crippen LogP) is 2.51. The highest BCUT2D eigenvalue weighted by molar-refractivity contribution is 7.07. The molecule has 1 aliphatic heterocycles. The van der Waals surface area contributed by atoms with Gasteiger partial charge in [-0.15, -0.1) is 11.3 Å². The summed E-state index contributed by atoms with van der Waals surface area (Å²) in [6.45, 7) is 3.46. The van der Waals surface area contributed by atoms with E-state index in [1.54, 1.807) is 0 Å². The Kier molecular flexibility index (Phi) is 4.31. The number of aromatic nitrogens is 1. The zero-order valence-electron chi connectivity index (χ0n) is 12.0. The van der Waals surface area contributed by atoms with Gasteiger partial charge in [-0.3, -0.25) is 4.79 Å². The lowest BCUT2D eigenvalue weighted by atomic mass is 10.1. The minimum atomic E-state index is -0.347. The first-order chi connectivity index (χ1) is 10.2. The smallest absolute Gasteiger partial charge is 0.277 e. The van der Waals surface area contributed by atoms with Gasteiger partial charge in [-0.25, -0.2) is 0 Å². The number of carbonyl (C=O) groups is 1. The molecule has 0 aliphatic carbocycles. The molecule has 5 heteroatoms. The number of thiazole rings is 1. The largest absolute Gasteiger partial charge is 0.368 e. The van der Waals surface area contributed by atoms with Crippen molar-refractivity contribution >= 4 is 17.2 Å². The first-order valence-electron chi connectivity index (χ1n) is 7.12. The lowest BCUT2D eigenvalue weighted by Gasteiger charge is -2.05. The molecule has 2 aromatic rings. The van der Waals surface area contributed by atoms with Crippen LogP contribution in [0.3, 0.4) is 0 Å². The first kappa shape index (κ1) is 14.2. The second-order valence-electron chi connectivity index (χ2n) is 5.25. The van der Waals surface area contributed by atoms with Crippen LogP contribution in [-0.4, -0.2) is 23.2 Å². The maximum absolute atomic E-state index is 12.1. The second-order valence-corrected chi connectivity index (χ2v) is 6.12. The molecule has 1 atom stereocenters. The molecule has 1 aromatic heterocycles. The van der Waals surface area contributed by atoms with Crippen LogP contribution in [0.4, 0.5) is 0 Å². The van der Waals surface area contributed by atoms with Crippen molar-refractivity contribution in [3.05, 3.63) is 51.8 Å². The van der Waals surface area contributed by atoms with E-state index in [1.807, 2.05) is 16.1 Å². The average Bonchev–Trinajstić information content (AvgIpc) is 3.14. The molecular formula is C16H18N2O2S. The van der Waals surface area contributed by atoms with E-state index in [1.165, 1.54) is 22.5 Å². The number of ether oxygens (including phenoxy) is 1. The monoisotopic (exact) mass is 302 g/mol. The lowest BCUT2D eigenvalue weighted by Crippen LogP contribution is -2.23. The summed E-state index contributed by atoms with van der Waals surface area (Å²) in [6, 6.07) is 8.39. The fraction of sp³-hybridized carbons (Fsp3) is 0.375. The summed E-state index contributed by atoms with van der Waals surface area (Å²) in [5.74, 6) is -0.160. The van der Waals surface area contributed by atoms with Crippen molar-refractivity contribution < 1.29 is 9.53 Å². The van der Waals surface area contributed by atoms with Crippen molar-refractivity contribution in [3.8, 4) is 0 Å². The molecule has 1 aliphatic rings. The van der Waals surface area contributed by atoms with Gasteiger partial charge in [-0.1, -0.05) is 29.8 Å². The molecule has 110 valence electrons. The number of nitrogens with zero attached hydrogens (tertiary/aromatic N) is 2. The molecule has 0 spiro atoms. The molecule has 1 saturated heterocycles. The van der Waals surface area contributed by atoms with Crippen molar-refractivity contribution in [2.45, 2.75) is 32.4 Å². The van der Waals surface area contributed by atoms with Crippen LogP contribution >= 0.6 is 11.3 Å². The van der Waals surface area contributed by atoms with E-state index < -0.39 is 0 Å². The third-order valence-corrected chi connectivity index (χ3v) is 4.34. The second kappa shape index (κ2) is 6.37. The molecule has 1 aromatic carbocycles. The first-order valence-corrected chi connectivity index (χ1v) is 8.00. The highest BCUT2D eigenvalue weighted by Crippen LogP contribution is 2.13. The van der Waals surface area contributed by atoms with Crippen LogP contribution in [0.5, 0.6) is 0 Å². The van der Waals surface area contributed by atoms with Gasteiger partial charge >= 0.3 is 0 Å². The van der Waals surface area contributed by atoms with Crippen molar-refractivity contribution in [2.75, 3.05) is 6.61 Å². The summed E-state index contributed by atoms with van der Waals surface area (Å²) in [5.41, 5.74) is 2.44. The van der Waals surface area contributed by atoms with Crippen LogP contribution in [-0.2, 0) is 16.1 Å². The summed E-state index contributed by atoms with van der Waals surface area (Å²) >= 11 is 1.48. The van der Waals surface area contributed by atoms with E-state index in [2.05, 4.69) is 36.2 Å². The topological polar surface area (TPSA) is 43.6 Å². The molecular weight excluding hydrogens is 284 g/mol. The number of hydrogen-bond acceptors (Lipinski definition) is 3. The summed E-state index contributed by atoms with van der Waals surface area (Å²) in [4.78, 5) is 17.0. The van der Waals surface area contributed by atoms with Gasteiger partial charge in [0.25, 0.3) is 5.91 Å². The summed E-state index contributed by atoms with van der Waals surface area (Å²) < 4.78 is 7.39. The molecule has 0 N–H and O–H groups in total. The fourth-order valence-electron chi connectivity index (χ4n) is 2.34. The summed E-state index contributed by atoms with van der Waals surface area (Å²) in [6.07, 6.45) is 3.34. The molecule has 0 radical (unpaired) electrons. The van der Waals surface area contributed by atoms with Crippen LogP contribution in [0.1, 0.15) is 24.0 Å². The Bertz CT molecular complexity index is 679. The van der Waals surface area contributed by atoms with Gasteiger partial charge < -0.3 is 9.30 Å². The Balaban J connectivity index is 1.80. The third kappa shape index (κ3) is 3.49. The van der Waals surface area contributed by atoms with Gasteiger partial charge in [0.1, 0.15) is 6.10 Å². The number of aryl methyl sites for hydroxylation is 1. The van der Waals surface area contributed by atoms with Gasteiger partial charge in [-0.2, -0.15) is 4.99 Å². The van der Waals surface area contributed by atoms with Crippen molar-refractivity contribution in [1.29, 1.82) is 0 Å². The van der Waals surface area contributed by atoms with E-state index in [4.69, 9.17) is 4.74 Å². The zero-order valence-corrected chi connectivity index (χ0v) is 12.8. The minimum absolute atomic E-state index is 0.160. The molecule has 3 rings (SSSR count). The highest BCUT2D eigenvalue weighted by atomic mass is 32.1. The molecule has 0 bridgehead atoms. The predicted molar refractivity (Wildman–Crippen MR) is 82.1 cm³/mol. The SMILES string of the molecule is Cc1ccc(Cn2ccsc2=NC(=O)[C@@H]2CCCO2)cc1. The van der Waals surface area contributed by atoms with Crippen LogP contribution in [0.25, 0.3) is 0 Å². The van der Waals surface area contributed by atoms with Crippen LogP contribution < -0.4 is 4.80 Å². The van der Waals surface area contributed by atoms with Gasteiger partial charge in [0.2, 0.25) is 0 Å². The fourth-order valence-corrected chi connectivity index (χ4v) is 3.07. The molecule has 2 heterocycles. The minimum Gasteiger partial charge on any atom is -0.368 e. The van der Waals surface area contributed by atoms with Gasteiger partial charge in [0.15, 0.2) is 4.80 Å². The standard InChI is InChI=1S/C16H18N2O2S/c1-12-4-6-13(7-5-12)11-18-8-10-21-16(18)17-15(19)14-3-2-9-20-14/h4-8,10,14H,2-3,9,11H2,1H3/t14-/m0/s1. The Labute approximate surface area is 127 Å². The van der Waals surface area contributed by atoms with E-state index >= 15 is 0 Å². The maximum Gasteiger partial charge on any atom is 0.277 e. The molecule has 1 fully saturated rings. The normalized spacial score (nSPS) is 19.1. The Morgan fingerprint density at radius 1 is 1.43 bits per heavy atom. The number of carbonyl (C=O) groups excluding carboxylic acids is 1. The average molecular weight is 302 g/mol. The van der Waals surface area contributed by atoms with E-state index in [9.17, 15) is 4.79 Å². The van der Waals surface area contributed by atoms with Crippen LogP contribution in [0.2, 0.25) is 0 Å². The number of hydrogen-bond donors (Lipinski definition) is 0. The molecule has 0 saturated carbocycles. The van der Waals surface area contributed by atoms with E-state index in [-0.39, 0.29) is 12.0 Å². The van der Waals surface area contributed by atoms with Crippen LogP contribution in [0.15, 0.2) is 40.8 Å². The van der Waals surface area contributed by atoms with Crippen molar-refractivity contribution in [2.24, 2.45) is 4.99 Å².